The maximum absolute atomic E-state index is 13.7. The van der Waals surface area contributed by atoms with Crippen molar-refractivity contribution in [3.8, 4) is 0 Å². The summed E-state index contributed by atoms with van der Waals surface area (Å²) < 4.78 is 0. The highest BCUT2D eigenvalue weighted by molar-refractivity contribution is 6.55. The van der Waals surface area contributed by atoms with Gasteiger partial charge in [-0.25, -0.2) is 0 Å². The molecule has 2 amide bonds. The van der Waals surface area contributed by atoms with E-state index in [-0.39, 0.29) is 23.9 Å². The van der Waals surface area contributed by atoms with Crippen LogP contribution in [0.3, 0.4) is 0 Å². The summed E-state index contributed by atoms with van der Waals surface area (Å²) in [6.07, 6.45) is 6.04. The molecule has 0 spiro atoms. The number of carbonyl (C=O) groups excluding carboxylic acids is 2. The lowest BCUT2D eigenvalue weighted by Crippen LogP contribution is -2.41. The molecule has 3 aliphatic rings. The number of amides is 2. The molecule has 2 unspecified atom stereocenters. The number of rotatable bonds is 3. The van der Waals surface area contributed by atoms with Gasteiger partial charge in [-0.2, -0.15) is 0 Å². The van der Waals surface area contributed by atoms with Gasteiger partial charge in [-0.15, -0.1) is 0 Å². The van der Waals surface area contributed by atoms with E-state index in [4.69, 9.17) is 46.4 Å². The molecule has 0 aromatic heterocycles. The smallest absolute Gasteiger partial charge is 0.261 e. The zero-order valence-corrected chi connectivity index (χ0v) is 25.2. The van der Waals surface area contributed by atoms with E-state index in [9.17, 15) is 9.59 Å². The van der Waals surface area contributed by atoms with Crippen LogP contribution in [-0.4, -0.2) is 35.3 Å². The van der Waals surface area contributed by atoms with E-state index in [1.807, 2.05) is 19.1 Å². The van der Waals surface area contributed by atoms with Crippen LogP contribution in [0.15, 0.2) is 24.3 Å². The van der Waals surface area contributed by atoms with Crippen molar-refractivity contribution in [2.24, 2.45) is 0 Å². The number of unbranched alkanes of at least 4 members (excludes halogenated alkanes) is 1. The molecule has 2 atom stereocenters. The van der Waals surface area contributed by atoms with E-state index >= 15 is 0 Å². The fourth-order valence-corrected chi connectivity index (χ4v) is 8.65. The van der Waals surface area contributed by atoms with E-state index in [1.54, 1.807) is 12.1 Å². The maximum Gasteiger partial charge on any atom is 0.261 e. The van der Waals surface area contributed by atoms with Gasteiger partial charge in [-0.1, -0.05) is 72.6 Å². The molecule has 1 aliphatic carbocycles. The van der Waals surface area contributed by atoms with Gasteiger partial charge in [0.25, 0.3) is 11.8 Å². The third-order valence-corrected chi connectivity index (χ3v) is 10.4. The number of nitrogens with zero attached hydrogens (tertiary/aromatic N) is 1. The largest absolute Gasteiger partial charge is 0.380 e. The molecule has 5 nitrogen and oxygen atoms in total. The van der Waals surface area contributed by atoms with Crippen LogP contribution < -0.4 is 10.6 Å². The molecular formula is C32H25Cl4N3O2. The van der Waals surface area contributed by atoms with Gasteiger partial charge in [0.05, 0.1) is 21.2 Å². The van der Waals surface area contributed by atoms with E-state index < -0.39 is 0 Å². The number of hydrogen-bond acceptors (Lipinski definition) is 4. The highest BCUT2D eigenvalue weighted by Gasteiger charge is 2.37. The summed E-state index contributed by atoms with van der Waals surface area (Å²) in [6, 6.07) is 7.85. The molecule has 2 heterocycles. The van der Waals surface area contributed by atoms with Gasteiger partial charge in [-0.05, 0) is 43.5 Å². The number of nitrogens with one attached hydrogen (secondary N) is 2. The number of halogens is 4. The Labute approximate surface area is 256 Å². The van der Waals surface area contributed by atoms with Crippen molar-refractivity contribution < 1.29 is 9.59 Å². The standard InChI is InChI=1S/C32H25Cl4N3O2/c1-2-3-8-39-31(40)13-9-15(33)24-26-17(35)11-21-28-22(38-20-7-5-4-6-19(20)37-21)12-18(36)27(30(26)28)25-16(34)10-14(32(39)41)23(13)29(24)25/h9-12,19-20,37-38H,2-8H2,1H3. The molecule has 5 aromatic rings. The summed E-state index contributed by atoms with van der Waals surface area (Å²) in [5.41, 5.74) is 2.68. The first kappa shape index (κ1) is 26.0. The topological polar surface area (TPSA) is 61.4 Å². The molecule has 0 radical (unpaired) electrons. The molecule has 9 heteroatoms. The number of carbonyl (C=O) groups is 2. The quantitative estimate of drug-likeness (QED) is 0.119. The first-order valence-electron chi connectivity index (χ1n) is 14.2. The van der Waals surface area contributed by atoms with Crippen LogP contribution in [0.1, 0.15) is 66.2 Å². The minimum absolute atomic E-state index is 0.269. The lowest BCUT2D eigenvalue weighted by atomic mass is 9.84. The predicted octanol–water partition coefficient (Wildman–Crippen LogP) is 9.90. The fourth-order valence-electron chi connectivity index (χ4n) is 7.46. The molecule has 1 fully saturated rings. The maximum atomic E-state index is 13.7. The Morgan fingerprint density at radius 2 is 1.10 bits per heavy atom. The first-order chi connectivity index (χ1) is 19.8. The van der Waals surface area contributed by atoms with Crippen molar-refractivity contribution in [3.05, 3.63) is 55.5 Å². The first-order valence-corrected chi connectivity index (χ1v) is 15.7. The van der Waals surface area contributed by atoms with Crippen LogP contribution in [0.5, 0.6) is 0 Å². The molecule has 0 bridgehead atoms. The molecule has 8 rings (SSSR count). The van der Waals surface area contributed by atoms with Crippen molar-refractivity contribution in [1.82, 2.24) is 4.90 Å². The molecule has 0 saturated heterocycles. The normalized spacial score (nSPS) is 20.2. The average Bonchev–Trinajstić information content (AvgIpc) is 3.10. The van der Waals surface area contributed by atoms with Crippen LogP contribution >= 0.6 is 46.4 Å². The Morgan fingerprint density at radius 3 is 1.56 bits per heavy atom. The van der Waals surface area contributed by atoms with Gasteiger partial charge in [-0.3, -0.25) is 14.5 Å². The summed E-state index contributed by atoms with van der Waals surface area (Å²) in [4.78, 5) is 28.7. The summed E-state index contributed by atoms with van der Waals surface area (Å²) in [6.45, 7) is 2.36. The Kier molecular flexibility index (Phi) is 5.79. The predicted molar refractivity (Wildman–Crippen MR) is 171 cm³/mol. The summed E-state index contributed by atoms with van der Waals surface area (Å²) in [5.74, 6) is -0.697. The van der Waals surface area contributed by atoms with Gasteiger partial charge < -0.3 is 10.6 Å². The van der Waals surface area contributed by atoms with E-state index in [1.165, 1.54) is 17.7 Å². The van der Waals surface area contributed by atoms with E-state index in [0.717, 1.165) is 52.2 Å². The van der Waals surface area contributed by atoms with Gasteiger partial charge in [0, 0.05) is 83.1 Å². The van der Waals surface area contributed by atoms with Gasteiger partial charge in [0.2, 0.25) is 0 Å². The molecular weight excluding hydrogens is 600 g/mol. The Bertz CT molecular complexity index is 1880. The van der Waals surface area contributed by atoms with Crippen molar-refractivity contribution in [2.45, 2.75) is 57.5 Å². The zero-order chi connectivity index (χ0) is 28.3. The third-order valence-electron chi connectivity index (χ3n) is 9.25. The second-order valence-corrected chi connectivity index (χ2v) is 13.2. The fraction of sp³-hybridized carbons (Fsp3) is 0.312. The minimum atomic E-state index is -0.349. The van der Waals surface area contributed by atoms with E-state index in [0.29, 0.717) is 65.7 Å². The Hall–Kier alpha value is -2.70. The molecule has 2 N–H and O–H groups in total. The van der Waals surface area contributed by atoms with Crippen LogP contribution in [0, 0.1) is 0 Å². The number of imide groups is 1. The highest BCUT2D eigenvalue weighted by Crippen LogP contribution is 2.55. The van der Waals surface area contributed by atoms with Crippen molar-refractivity contribution >= 4 is 113 Å². The highest BCUT2D eigenvalue weighted by atomic mass is 35.5. The Balaban J connectivity index is 1.55. The van der Waals surface area contributed by atoms with Crippen LogP contribution in [0.2, 0.25) is 20.1 Å². The second kappa shape index (κ2) is 9.15. The molecule has 1 saturated carbocycles. The van der Waals surface area contributed by atoms with Crippen molar-refractivity contribution in [3.63, 3.8) is 0 Å². The number of anilines is 2. The summed E-state index contributed by atoms with van der Waals surface area (Å²) in [7, 11) is 0. The van der Waals surface area contributed by atoms with Crippen molar-refractivity contribution in [1.29, 1.82) is 0 Å². The second-order valence-electron chi connectivity index (χ2n) is 11.5. The molecule has 41 heavy (non-hydrogen) atoms. The van der Waals surface area contributed by atoms with Crippen LogP contribution in [0.25, 0.3) is 43.1 Å². The SMILES string of the molecule is CCCCN1C(=O)c2cc(Cl)c3c4c(Cl)cc5c6c(cc(Cl)c(c7c(Cl)cc(c2c37)C1=O)c64)NC1CCCCC1N5. The van der Waals surface area contributed by atoms with Gasteiger partial charge in [0.15, 0.2) is 0 Å². The molecule has 208 valence electrons. The monoisotopic (exact) mass is 623 g/mol. The average molecular weight is 625 g/mol. The lowest BCUT2D eigenvalue weighted by Gasteiger charge is -2.32. The van der Waals surface area contributed by atoms with Crippen LogP contribution in [-0.2, 0) is 0 Å². The Morgan fingerprint density at radius 1 is 0.659 bits per heavy atom. The summed E-state index contributed by atoms with van der Waals surface area (Å²) >= 11 is 28.4. The zero-order valence-electron chi connectivity index (χ0n) is 22.2. The number of hydrogen-bond donors (Lipinski definition) is 2. The summed E-state index contributed by atoms with van der Waals surface area (Å²) in [5, 5.41) is 15.3. The third kappa shape index (κ3) is 3.44. The molecule has 5 aromatic carbocycles. The lowest BCUT2D eigenvalue weighted by molar-refractivity contribution is 0.0608. The number of fused-ring (bicyclic) bond motifs is 3. The van der Waals surface area contributed by atoms with E-state index in [2.05, 4.69) is 10.6 Å². The molecule has 2 aliphatic heterocycles. The minimum Gasteiger partial charge on any atom is -0.380 e. The van der Waals surface area contributed by atoms with Crippen molar-refractivity contribution in [2.75, 3.05) is 17.2 Å². The van der Waals surface area contributed by atoms with Gasteiger partial charge >= 0.3 is 0 Å². The number of benzene rings is 5. The van der Waals surface area contributed by atoms with Crippen LogP contribution in [0.4, 0.5) is 11.4 Å². The van der Waals surface area contributed by atoms with Gasteiger partial charge in [0.1, 0.15) is 0 Å².